The van der Waals surface area contributed by atoms with Crippen molar-refractivity contribution in [2.24, 2.45) is 0 Å². The van der Waals surface area contributed by atoms with Crippen molar-refractivity contribution in [3.63, 3.8) is 0 Å². The van der Waals surface area contributed by atoms with Gasteiger partial charge < -0.3 is 4.57 Å². The Morgan fingerprint density at radius 3 is 1.85 bits per heavy atom. The van der Waals surface area contributed by atoms with Crippen LogP contribution in [-0.2, 0) is 19.4 Å². The van der Waals surface area contributed by atoms with E-state index in [0.717, 1.165) is 30.5 Å². The van der Waals surface area contributed by atoms with Gasteiger partial charge in [-0.15, -0.1) is 0 Å². The van der Waals surface area contributed by atoms with Gasteiger partial charge in [-0.2, -0.15) is 0 Å². The van der Waals surface area contributed by atoms with E-state index in [0.29, 0.717) is 16.0 Å². The first-order chi connectivity index (χ1) is 19.6. The average Bonchev–Trinajstić information content (AvgIpc) is 3.45. The van der Waals surface area contributed by atoms with E-state index in [1.54, 1.807) is 0 Å². The topological polar surface area (TPSA) is 17.8 Å². The Balaban J connectivity index is 0.000000201. The Morgan fingerprint density at radius 1 is 0.725 bits per heavy atom. The van der Waals surface area contributed by atoms with E-state index in [4.69, 9.17) is 31.0 Å². The molecule has 0 N–H and O–H groups in total. The highest BCUT2D eigenvalue weighted by atomic mass is 35.5. The van der Waals surface area contributed by atoms with E-state index in [1.807, 2.05) is 61.1 Å². The number of imidazole rings is 1. The van der Waals surface area contributed by atoms with Crippen molar-refractivity contribution in [1.82, 2.24) is 9.55 Å². The van der Waals surface area contributed by atoms with Gasteiger partial charge in [-0.3, -0.25) is 0 Å². The fourth-order valence-corrected chi connectivity index (χ4v) is 5.43. The maximum absolute atomic E-state index is 6.15. The van der Waals surface area contributed by atoms with Gasteiger partial charge in [0.1, 0.15) is 0 Å². The summed E-state index contributed by atoms with van der Waals surface area (Å²) in [5, 5.41) is 1.32. The molecule has 0 aliphatic heterocycles. The van der Waals surface area contributed by atoms with Gasteiger partial charge >= 0.3 is 0 Å². The molecule has 1 aromatic heterocycles. The largest absolute Gasteiger partial charge is 0.334 e. The summed E-state index contributed by atoms with van der Waals surface area (Å²) in [5.41, 5.74) is 5.96. The number of nitrogens with zero attached hydrogens (tertiary/aromatic N) is 2. The molecule has 0 fully saturated rings. The third kappa shape index (κ3) is 8.37. The van der Waals surface area contributed by atoms with Gasteiger partial charge in [-0.05, 0) is 71.8 Å². The second-order valence-electron chi connectivity index (χ2n) is 9.89. The number of aromatic nitrogens is 2. The highest BCUT2D eigenvalue weighted by molar-refractivity contribution is 6.34. The summed E-state index contributed by atoms with van der Waals surface area (Å²) >= 11 is 12.2. The lowest BCUT2D eigenvalue weighted by molar-refractivity contribution is 0.576. The van der Waals surface area contributed by atoms with Crippen molar-refractivity contribution >= 4 is 31.0 Å². The molecule has 1 heterocycles. The Hall–Kier alpha value is -3.27. The van der Waals surface area contributed by atoms with Crippen molar-refractivity contribution < 1.29 is 0 Å². The van der Waals surface area contributed by atoms with E-state index in [9.17, 15) is 0 Å². The summed E-state index contributed by atoms with van der Waals surface area (Å²) in [6.07, 6.45) is 8.51. The molecule has 0 amide bonds. The zero-order valence-corrected chi connectivity index (χ0v) is 24.5. The van der Waals surface area contributed by atoms with Crippen LogP contribution in [0.2, 0.25) is 10.0 Å². The van der Waals surface area contributed by atoms with Gasteiger partial charge in [0, 0.05) is 28.5 Å². The molecule has 5 aromatic rings. The summed E-state index contributed by atoms with van der Waals surface area (Å²) in [6, 6.07) is 36.6. The third-order valence-electron chi connectivity index (χ3n) is 7.28. The van der Waals surface area contributed by atoms with Crippen LogP contribution in [0.3, 0.4) is 0 Å². The molecule has 2 nitrogen and oxygen atoms in total. The molecule has 0 spiro atoms. The lowest BCUT2D eigenvalue weighted by Crippen LogP contribution is -2.07. The predicted molar refractivity (Wildman–Crippen MR) is 171 cm³/mol. The molecule has 4 aromatic carbocycles. The minimum atomic E-state index is -0.289. The molecular formula is C35H35BCl2N2. The van der Waals surface area contributed by atoms with Gasteiger partial charge in [0.2, 0.25) is 0 Å². The van der Waals surface area contributed by atoms with Crippen LogP contribution in [0.1, 0.15) is 59.4 Å². The molecule has 5 rings (SSSR count). The number of hydrogen-bond acceptors (Lipinski definition) is 1. The van der Waals surface area contributed by atoms with Gasteiger partial charge in [-0.25, -0.2) is 4.98 Å². The molecule has 202 valence electrons. The maximum Gasteiger partial charge on any atom is 0.0948 e. The third-order valence-corrected chi connectivity index (χ3v) is 7.96. The average molecular weight is 565 g/mol. The zero-order valence-electron chi connectivity index (χ0n) is 23.0. The van der Waals surface area contributed by atoms with Crippen molar-refractivity contribution in [3.05, 3.63) is 160 Å². The normalized spacial score (nSPS) is 11.6. The van der Waals surface area contributed by atoms with Crippen LogP contribution in [0.25, 0.3) is 0 Å². The SMILES string of the molecule is CCC(CCc1cncn1CCc1ccccc1)c1ccccc1.[B]C(c1ccccc1Cl)c1ccccc1Cl. The fourth-order valence-electron chi connectivity index (χ4n) is 4.93. The maximum atomic E-state index is 6.15. The zero-order chi connectivity index (χ0) is 28.2. The summed E-state index contributed by atoms with van der Waals surface area (Å²) in [4.78, 5) is 4.37. The molecule has 40 heavy (non-hydrogen) atoms. The van der Waals surface area contributed by atoms with E-state index in [-0.39, 0.29) is 5.82 Å². The van der Waals surface area contributed by atoms with E-state index in [1.165, 1.54) is 29.7 Å². The molecule has 0 saturated heterocycles. The Bertz CT molecular complexity index is 1390. The Labute approximate surface area is 250 Å². The Kier molecular flexibility index (Phi) is 11.5. The highest BCUT2D eigenvalue weighted by Gasteiger charge is 2.13. The molecule has 0 saturated carbocycles. The second-order valence-corrected chi connectivity index (χ2v) is 10.7. The molecule has 0 bridgehead atoms. The van der Waals surface area contributed by atoms with Crippen LogP contribution in [-0.4, -0.2) is 17.4 Å². The van der Waals surface area contributed by atoms with Gasteiger partial charge in [0.05, 0.1) is 14.2 Å². The molecular weight excluding hydrogens is 530 g/mol. The number of hydrogen-bond donors (Lipinski definition) is 0. The number of halogens is 2. The quantitative estimate of drug-likeness (QED) is 0.154. The minimum absolute atomic E-state index is 0.289. The van der Waals surface area contributed by atoms with Gasteiger partial charge in [0.15, 0.2) is 0 Å². The Morgan fingerprint density at radius 2 is 1.27 bits per heavy atom. The summed E-state index contributed by atoms with van der Waals surface area (Å²) in [6.45, 7) is 3.28. The highest BCUT2D eigenvalue weighted by Crippen LogP contribution is 2.31. The van der Waals surface area contributed by atoms with Crippen molar-refractivity contribution in [2.45, 2.75) is 50.9 Å². The standard InChI is InChI=1S/C22H26N2.C13H9BCl2/c1-2-20(21-11-7-4-8-12-21)13-14-22-17-23-18-24(22)16-15-19-9-5-3-6-10-19;14-13(9-5-1-3-7-11(9)15)10-6-2-4-8-12(10)16/h3-12,17-18,20H,2,13-16H2,1H3;1-8,13H. The van der Waals surface area contributed by atoms with Crippen LogP contribution < -0.4 is 0 Å². The molecule has 2 radical (unpaired) electrons. The first-order valence-corrected chi connectivity index (χ1v) is 14.6. The molecule has 0 aliphatic carbocycles. The van der Waals surface area contributed by atoms with E-state index >= 15 is 0 Å². The number of aryl methyl sites for hydroxylation is 3. The fraction of sp³-hybridized carbons (Fsp3) is 0.229. The number of rotatable bonds is 10. The summed E-state index contributed by atoms with van der Waals surface area (Å²) in [7, 11) is 6.15. The van der Waals surface area contributed by atoms with Crippen molar-refractivity contribution in [2.75, 3.05) is 0 Å². The molecule has 1 unspecified atom stereocenters. The first-order valence-electron chi connectivity index (χ1n) is 13.9. The van der Waals surface area contributed by atoms with Crippen LogP contribution in [0.5, 0.6) is 0 Å². The number of benzene rings is 4. The van der Waals surface area contributed by atoms with Crippen LogP contribution in [0.15, 0.2) is 122 Å². The summed E-state index contributed by atoms with van der Waals surface area (Å²) < 4.78 is 2.31. The van der Waals surface area contributed by atoms with Crippen LogP contribution in [0, 0.1) is 0 Å². The van der Waals surface area contributed by atoms with Crippen LogP contribution in [0.4, 0.5) is 0 Å². The van der Waals surface area contributed by atoms with E-state index in [2.05, 4.69) is 77.1 Å². The van der Waals surface area contributed by atoms with E-state index < -0.39 is 0 Å². The second kappa shape index (κ2) is 15.5. The predicted octanol–water partition coefficient (Wildman–Crippen LogP) is 9.50. The lowest BCUT2D eigenvalue weighted by Gasteiger charge is -2.16. The first kappa shape index (κ1) is 29.7. The molecule has 0 aliphatic rings. The van der Waals surface area contributed by atoms with Gasteiger partial charge in [-0.1, -0.05) is 127 Å². The summed E-state index contributed by atoms with van der Waals surface area (Å²) in [5.74, 6) is 0.339. The minimum Gasteiger partial charge on any atom is -0.334 e. The monoisotopic (exact) mass is 564 g/mol. The lowest BCUT2D eigenvalue weighted by atomic mass is 9.76. The smallest absolute Gasteiger partial charge is 0.0948 e. The van der Waals surface area contributed by atoms with Crippen LogP contribution >= 0.6 is 23.2 Å². The molecule has 5 heteroatoms. The van der Waals surface area contributed by atoms with Crippen molar-refractivity contribution in [1.29, 1.82) is 0 Å². The molecule has 1 atom stereocenters. The van der Waals surface area contributed by atoms with Crippen molar-refractivity contribution in [3.8, 4) is 0 Å². The van der Waals surface area contributed by atoms with Gasteiger partial charge in [0.25, 0.3) is 0 Å².